The van der Waals surface area contributed by atoms with Crippen LogP contribution in [0.5, 0.6) is 0 Å². The number of rotatable bonds is 1. The number of nitrogens with one attached hydrogen (secondary N) is 1. The predicted molar refractivity (Wildman–Crippen MR) is 80.7 cm³/mol. The zero-order valence-electron chi connectivity index (χ0n) is 10.3. The van der Waals surface area contributed by atoms with Crippen LogP contribution in [0.2, 0.25) is 0 Å². The Labute approximate surface area is 119 Å². The summed E-state index contributed by atoms with van der Waals surface area (Å²) >= 11 is 1.17. The molecule has 2 aromatic carbocycles. The number of hydrogen-bond donors (Lipinski definition) is 1. The molecule has 0 aliphatic carbocycles. The van der Waals surface area contributed by atoms with Crippen molar-refractivity contribution in [2.75, 3.05) is 0 Å². The Morgan fingerprint density at radius 1 is 1.20 bits per heavy atom. The molecular formula is C15H9N3OS. The van der Waals surface area contributed by atoms with E-state index in [4.69, 9.17) is 5.26 Å². The number of thioether (sulfide) groups is 1. The summed E-state index contributed by atoms with van der Waals surface area (Å²) in [4.78, 5) is 15.9. The highest BCUT2D eigenvalue weighted by Crippen LogP contribution is 2.28. The minimum Gasteiger partial charge on any atom is -0.300 e. The first-order valence-electron chi connectivity index (χ1n) is 5.93. The fraction of sp³-hybridized carbons (Fsp3) is 0. The maximum Gasteiger partial charge on any atom is 0.264 e. The Morgan fingerprint density at radius 3 is 2.85 bits per heavy atom. The molecule has 1 N–H and O–H groups in total. The van der Waals surface area contributed by atoms with Gasteiger partial charge in [0.1, 0.15) is 0 Å². The van der Waals surface area contributed by atoms with Gasteiger partial charge in [0.2, 0.25) is 6.19 Å². The maximum absolute atomic E-state index is 11.8. The van der Waals surface area contributed by atoms with Crippen LogP contribution in [0.1, 0.15) is 5.56 Å². The van der Waals surface area contributed by atoms with Crippen molar-refractivity contribution in [1.82, 2.24) is 5.32 Å². The van der Waals surface area contributed by atoms with E-state index in [1.54, 1.807) is 6.19 Å². The molecule has 1 aliphatic heterocycles. The number of nitriles is 1. The minimum atomic E-state index is -0.225. The SMILES string of the molecule is N#CN=C1NC(=O)C(=Cc2cccc3ccccc23)S1. The standard InChI is InChI=1S/C15H9N3OS/c16-9-17-15-18-14(19)13(20-15)8-11-6-3-5-10-4-1-2-7-12(10)11/h1-8H,(H,17,18,19). The Bertz CT molecular complexity index is 797. The van der Waals surface area contributed by atoms with Gasteiger partial charge < -0.3 is 0 Å². The second-order valence-electron chi connectivity index (χ2n) is 4.15. The van der Waals surface area contributed by atoms with Crippen molar-refractivity contribution < 1.29 is 4.79 Å². The first kappa shape index (κ1) is 12.5. The summed E-state index contributed by atoms with van der Waals surface area (Å²) in [5.41, 5.74) is 0.971. The number of amidine groups is 1. The number of aliphatic imine (C=N–C) groups is 1. The van der Waals surface area contributed by atoms with Gasteiger partial charge in [0, 0.05) is 0 Å². The molecule has 0 aromatic heterocycles. The van der Waals surface area contributed by atoms with Crippen molar-refractivity contribution in [3.63, 3.8) is 0 Å². The van der Waals surface area contributed by atoms with Crippen LogP contribution in [-0.4, -0.2) is 11.1 Å². The topological polar surface area (TPSA) is 65.2 Å². The van der Waals surface area contributed by atoms with Crippen LogP contribution in [-0.2, 0) is 4.79 Å². The van der Waals surface area contributed by atoms with Gasteiger partial charge in [0.25, 0.3) is 5.91 Å². The van der Waals surface area contributed by atoms with Crippen molar-refractivity contribution in [3.05, 3.63) is 52.9 Å². The lowest BCUT2D eigenvalue weighted by molar-refractivity contribution is -0.115. The fourth-order valence-corrected chi connectivity index (χ4v) is 2.81. The minimum absolute atomic E-state index is 0.225. The van der Waals surface area contributed by atoms with E-state index in [2.05, 4.69) is 10.3 Å². The number of hydrogen-bond acceptors (Lipinski definition) is 4. The van der Waals surface area contributed by atoms with Gasteiger partial charge in [-0.15, -0.1) is 4.99 Å². The summed E-state index contributed by atoms with van der Waals surface area (Å²) in [7, 11) is 0. The normalized spacial score (nSPS) is 18.4. The molecule has 0 bridgehead atoms. The van der Waals surface area contributed by atoms with Gasteiger partial charge in [-0.1, -0.05) is 42.5 Å². The summed E-state index contributed by atoms with van der Waals surface area (Å²) in [6, 6.07) is 13.9. The fourth-order valence-electron chi connectivity index (χ4n) is 2.04. The largest absolute Gasteiger partial charge is 0.300 e. The van der Waals surface area contributed by atoms with Gasteiger partial charge in [0.15, 0.2) is 5.17 Å². The van der Waals surface area contributed by atoms with E-state index in [1.165, 1.54) is 11.8 Å². The Kier molecular flexibility index (Phi) is 3.23. The average Bonchev–Trinajstić information content (AvgIpc) is 2.80. The number of benzene rings is 2. The summed E-state index contributed by atoms with van der Waals surface area (Å²) in [5, 5.41) is 13.6. The lowest BCUT2D eigenvalue weighted by Gasteiger charge is -2.02. The summed E-state index contributed by atoms with van der Waals surface area (Å²) in [6.07, 6.45) is 3.49. The number of amides is 1. The molecule has 2 aromatic rings. The van der Waals surface area contributed by atoms with Crippen LogP contribution in [0.3, 0.4) is 0 Å². The zero-order valence-corrected chi connectivity index (χ0v) is 11.1. The van der Waals surface area contributed by atoms with Crippen LogP contribution < -0.4 is 5.32 Å². The van der Waals surface area contributed by atoms with Crippen molar-refractivity contribution in [3.8, 4) is 6.19 Å². The summed E-state index contributed by atoms with van der Waals surface area (Å²) in [5.74, 6) is -0.225. The van der Waals surface area contributed by atoms with E-state index in [-0.39, 0.29) is 5.91 Å². The molecule has 5 heteroatoms. The first-order chi connectivity index (χ1) is 9.78. The number of fused-ring (bicyclic) bond motifs is 1. The highest BCUT2D eigenvalue weighted by atomic mass is 32.2. The lowest BCUT2D eigenvalue weighted by Crippen LogP contribution is -2.19. The van der Waals surface area contributed by atoms with Crippen LogP contribution in [0.4, 0.5) is 0 Å². The molecule has 1 aliphatic rings. The maximum atomic E-state index is 11.8. The molecule has 1 heterocycles. The quantitative estimate of drug-likeness (QED) is 0.645. The van der Waals surface area contributed by atoms with Gasteiger partial charge in [-0.2, -0.15) is 5.26 Å². The number of carbonyl (C=O) groups excluding carboxylic acids is 1. The number of carbonyl (C=O) groups is 1. The van der Waals surface area contributed by atoms with Crippen molar-refractivity contribution in [2.24, 2.45) is 4.99 Å². The third-order valence-corrected chi connectivity index (χ3v) is 3.82. The lowest BCUT2D eigenvalue weighted by atomic mass is 10.0. The van der Waals surface area contributed by atoms with Crippen molar-refractivity contribution in [2.45, 2.75) is 0 Å². The predicted octanol–water partition coefficient (Wildman–Crippen LogP) is 2.88. The van der Waals surface area contributed by atoms with Gasteiger partial charge in [-0.3, -0.25) is 10.1 Å². The van der Waals surface area contributed by atoms with Gasteiger partial charge >= 0.3 is 0 Å². The molecule has 96 valence electrons. The molecule has 0 atom stereocenters. The molecule has 0 radical (unpaired) electrons. The second kappa shape index (κ2) is 5.19. The Morgan fingerprint density at radius 2 is 2.00 bits per heavy atom. The van der Waals surface area contributed by atoms with E-state index in [0.717, 1.165) is 16.3 Å². The first-order valence-corrected chi connectivity index (χ1v) is 6.75. The average molecular weight is 279 g/mol. The molecule has 0 saturated carbocycles. The molecule has 1 saturated heterocycles. The third kappa shape index (κ3) is 2.29. The molecule has 1 fully saturated rings. The molecule has 0 unspecified atom stereocenters. The number of nitrogens with zero attached hydrogens (tertiary/aromatic N) is 2. The molecular weight excluding hydrogens is 270 g/mol. The smallest absolute Gasteiger partial charge is 0.264 e. The molecule has 1 amide bonds. The monoisotopic (exact) mass is 279 g/mol. The summed E-state index contributed by atoms with van der Waals surface area (Å²) < 4.78 is 0. The van der Waals surface area contributed by atoms with E-state index >= 15 is 0 Å². The van der Waals surface area contributed by atoms with Crippen molar-refractivity contribution >= 4 is 39.7 Å². The van der Waals surface area contributed by atoms with Crippen LogP contribution >= 0.6 is 11.8 Å². The van der Waals surface area contributed by atoms with E-state index in [0.29, 0.717) is 10.1 Å². The van der Waals surface area contributed by atoms with Crippen LogP contribution in [0.15, 0.2) is 52.4 Å². The zero-order chi connectivity index (χ0) is 13.9. The van der Waals surface area contributed by atoms with E-state index in [9.17, 15) is 4.79 Å². The van der Waals surface area contributed by atoms with Crippen molar-refractivity contribution in [1.29, 1.82) is 5.26 Å². The second-order valence-corrected chi connectivity index (χ2v) is 5.18. The van der Waals surface area contributed by atoms with Crippen LogP contribution in [0, 0.1) is 11.5 Å². The highest BCUT2D eigenvalue weighted by molar-refractivity contribution is 8.18. The third-order valence-electron chi connectivity index (χ3n) is 2.91. The van der Waals surface area contributed by atoms with Crippen LogP contribution in [0.25, 0.3) is 16.8 Å². The van der Waals surface area contributed by atoms with Gasteiger partial charge in [0.05, 0.1) is 4.91 Å². The molecule has 0 spiro atoms. The molecule has 20 heavy (non-hydrogen) atoms. The molecule has 4 nitrogen and oxygen atoms in total. The Hall–Kier alpha value is -2.58. The van der Waals surface area contributed by atoms with Gasteiger partial charge in [-0.05, 0) is 34.2 Å². The summed E-state index contributed by atoms with van der Waals surface area (Å²) in [6.45, 7) is 0. The van der Waals surface area contributed by atoms with E-state index < -0.39 is 0 Å². The highest BCUT2D eigenvalue weighted by Gasteiger charge is 2.23. The Balaban J connectivity index is 2.05. The molecule has 3 rings (SSSR count). The van der Waals surface area contributed by atoms with Gasteiger partial charge in [-0.25, -0.2) is 0 Å². The van der Waals surface area contributed by atoms with E-state index in [1.807, 2.05) is 48.5 Å².